The zero-order valence-electron chi connectivity index (χ0n) is 17.6. The molecule has 0 atom stereocenters. The maximum atomic E-state index is 15.1. The van der Waals surface area contributed by atoms with Crippen LogP contribution in [0.2, 0.25) is 0 Å². The van der Waals surface area contributed by atoms with Gasteiger partial charge in [-0.25, -0.2) is 12.8 Å². The van der Waals surface area contributed by atoms with E-state index in [1.165, 1.54) is 30.8 Å². The minimum atomic E-state index is -3.86. The lowest BCUT2D eigenvalue weighted by molar-refractivity contribution is 0.415. The lowest BCUT2D eigenvalue weighted by Gasteiger charge is -2.14. The Kier molecular flexibility index (Phi) is 5.64. The number of benzene rings is 2. The fourth-order valence-corrected chi connectivity index (χ4v) is 5.31. The number of methoxy groups -OCH3 is 1. The smallest absolute Gasteiger partial charge is 0.263 e. The number of aromatic nitrogens is 4. The SMILES string of the molecule is COc1cc(-c2cccnc2)c(F)cc1-c1nccc2cc(S(=O)(=O)Nc3nncs3)ccc12. The largest absolute Gasteiger partial charge is 0.496 e. The molecule has 0 fully saturated rings. The zero-order chi connectivity index (χ0) is 23.7. The van der Waals surface area contributed by atoms with Crippen LogP contribution in [-0.4, -0.2) is 35.7 Å². The topological polar surface area (TPSA) is 107 Å². The van der Waals surface area contributed by atoms with E-state index in [1.807, 2.05) is 0 Å². The molecule has 2 aromatic carbocycles. The summed E-state index contributed by atoms with van der Waals surface area (Å²) in [6.07, 6.45) is 4.73. The molecule has 3 aromatic heterocycles. The molecular weight excluding hydrogens is 477 g/mol. The van der Waals surface area contributed by atoms with E-state index in [-0.39, 0.29) is 10.0 Å². The van der Waals surface area contributed by atoms with E-state index in [1.54, 1.807) is 48.9 Å². The molecule has 34 heavy (non-hydrogen) atoms. The summed E-state index contributed by atoms with van der Waals surface area (Å²) in [6.45, 7) is 0. The van der Waals surface area contributed by atoms with Crippen molar-refractivity contribution < 1.29 is 17.5 Å². The number of halogens is 1. The molecule has 0 aliphatic heterocycles. The molecule has 11 heteroatoms. The van der Waals surface area contributed by atoms with Gasteiger partial charge in [0.15, 0.2) is 0 Å². The molecule has 1 N–H and O–H groups in total. The summed E-state index contributed by atoms with van der Waals surface area (Å²) in [5.74, 6) is -0.0297. The minimum absolute atomic E-state index is 0.0532. The van der Waals surface area contributed by atoms with Crippen LogP contribution < -0.4 is 9.46 Å². The van der Waals surface area contributed by atoms with Crippen molar-refractivity contribution in [2.24, 2.45) is 0 Å². The van der Waals surface area contributed by atoms with Crippen LogP contribution in [0.1, 0.15) is 0 Å². The van der Waals surface area contributed by atoms with E-state index in [0.717, 1.165) is 11.3 Å². The minimum Gasteiger partial charge on any atom is -0.496 e. The first-order chi connectivity index (χ1) is 16.5. The summed E-state index contributed by atoms with van der Waals surface area (Å²) < 4.78 is 48.6. The molecule has 0 radical (unpaired) electrons. The van der Waals surface area contributed by atoms with Gasteiger partial charge in [-0.2, -0.15) is 0 Å². The van der Waals surface area contributed by atoms with Crippen molar-refractivity contribution in [3.63, 3.8) is 0 Å². The van der Waals surface area contributed by atoms with Crippen molar-refractivity contribution in [2.45, 2.75) is 4.90 Å². The number of hydrogen-bond donors (Lipinski definition) is 1. The summed E-state index contributed by atoms with van der Waals surface area (Å²) in [7, 11) is -2.36. The number of hydrogen-bond acceptors (Lipinski definition) is 8. The van der Waals surface area contributed by atoms with Crippen molar-refractivity contribution in [2.75, 3.05) is 11.8 Å². The second-order valence-corrected chi connectivity index (χ2v) is 9.68. The molecule has 0 aliphatic carbocycles. The molecule has 170 valence electrons. The second-order valence-electron chi connectivity index (χ2n) is 7.17. The molecule has 0 bridgehead atoms. The highest BCUT2D eigenvalue weighted by Gasteiger charge is 2.20. The molecule has 3 heterocycles. The molecule has 0 saturated carbocycles. The van der Waals surface area contributed by atoms with Crippen molar-refractivity contribution in [3.8, 4) is 28.1 Å². The highest BCUT2D eigenvalue weighted by atomic mass is 32.2. The fraction of sp³-hybridized carbons (Fsp3) is 0.0435. The lowest BCUT2D eigenvalue weighted by Crippen LogP contribution is -2.12. The molecule has 0 aliphatic rings. The molecule has 5 aromatic rings. The monoisotopic (exact) mass is 493 g/mol. The third-order valence-corrected chi connectivity index (χ3v) is 7.22. The van der Waals surface area contributed by atoms with Gasteiger partial charge in [0.05, 0.1) is 17.7 Å². The molecule has 0 saturated heterocycles. The van der Waals surface area contributed by atoms with Gasteiger partial charge in [-0.05, 0) is 41.8 Å². The molecule has 5 rings (SSSR count). The van der Waals surface area contributed by atoms with Crippen molar-refractivity contribution >= 4 is 37.3 Å². The quantitative estimate of drug-likeness (QED) is 0.363. The molecule has 0 amide bonds. The maximum Gasteiger partial charge on any atom is 0.263 e. The molecule has 0 unspecified atom stereocenters. The number of sulfonamides is 1. The van der Waals surface area contributed by atoms with Gasteiger partial charge in [0.1, 0.15) is 17.1 Å². The number of nitrogens with zero attached hydrogens (tertiary/aromatic N) is 4. The Labute approximate surface area is 198 Å². The van der Waals surface area contributed by atoms with E-state index in [0.29, 0.717) is 38.9 Å². The van der Waals surface area contributed by atoms with Gasteiger partial charge in [-0.1, -0.05) is 23.5 Å². The summed E-state index contributed by atoms with van der Waals surface area (Å²) >= 11 is 1.08. The zero-order valence-corrected chi connectivity index (χ0v) is 19.3. The van der Waals surface area contributed by atoms with Gasteiger partial charge in [0.25, 0.3) is 10.0 Å². The molecule has 0 spiro atoms. The molecular formula is C23H16FN5O3S2. The van der Waals surface area contributed by atoms with Crippen molar-refractivity contribution in [1.29, 1.82) is 0 Å². The van der Waals surface area contributed by atoms with Crippen LogP contribution in [0.25, 0.3) is 33.2 Å². The summed E-state index contributed by atoms with van der Waals surface area (Å²) in [5.41, 5.74) is 3.31. The first-order valence-electron chi connectivity index (χ1n) is 9.92. The van der Waals surface area contributed by atoms with Crippen LogP contribution in [0.15, 0.2) is 77.5 Å². The number of anilines is 1. The van der Waals surface area contributed by atoms with Crippen LogP contribution in [0.3, 0.4) is 0 Å². The Morgan fingerprint density at radius 3 is 2.68 bits per heavy atom. The van der Waals surface area contributed by atoms with E-state index < -0.39 is 15.8 Å². The van der Waals surface area contributed by atoms with Gasteiger partial charge in [-0.15, -0.1) is 10.2 Å². The Balaban J connectivity index is 1.60. The van der Waals surface area contributed by atoms with E-state index >= 15 is 4.39 Å². The van der Waals surface area contributed by atoms with Gasteiger partial charge in [-0.3, -0.25) is 14.7 Å². The van der Waals surface area contributed by atoms with Gasteiger partial charge in [0, 0.05) is 40.7 Å². The normalized spacial score (nSPS) is 11.5. The van der Waals surface area contributed by atoms with Crippen LogP contribution >= 0.6 is 11.3 Å². The highest BCUT2D eigenvalue weighted by Crippen LogP contribution is 2.38. The first kappa shape index (κ1) is 21.9. The Morgan fingerprint density at radius 1 is 1.06 bits per heavy atom. The van der Waals surface area contributed by atoms with Gasteiger partial charge in [0.2, 0.25) is 5.13 Å². The number of fused-ring (bicyclic) bond motifs is 1. The highest BCUT2D eigenvalue weighted by molar-refractivity contribution is 7.93. The van der Waals surface area contributed by atoms with Gasteiger partial charge >= 0.3 is 0 Å². The molecule has 8 nitrogen and oxygen atoms in total. The Morgan fingerprint density at radius 2 is 1.94 bits per heavy atom. The summed E-state index contributed by atoms with van der Waals surface area (Å²) in [5, 5.41) is 8.77. The average molecular weight is 494 g/mol. The third-order valence-electron chi connectivity index (χ3n) is 5.14. The fourth-order valence-electron chi connectivity index (χ4n) is 3.58. The number of rotatable bonds is 6. The predicted molar refractivity (Wildman–Crippen MR) is 128 cm³/mol. The van der Waals surface area contributed by atoms with E-state index in [4.69, 9.17) is 4.74 Å². The Hall–Kier alpha value is -3.96. The second kappa shape index (κ2) is 8.76. The van der Waals surface area contributed by atoms with Crippen LogP contribution in [0.5, 0.6) is 5.75 Å². The van der Waals surface area contributed by atoms with Crippen LogP contribution in [0, 0.1) is 5.82 Å². The van der Waals surface area contributed by atoms with Gasteiger partial charge < -0.3 is 4.74 Å². The Bertz CT molecular complexity index is 1590. The van der Waals surface area contributed by atoms with Crippen molar-refractivity contribution in [3.05, 3.63) is 78.4 Å². The van der Waals surface area contributed by atoms with Crippen molar-refractivity contribution in [1.82, 2.24) is 20.2 Å². The summed E-state index contributed by atoms with van der Waals surface area (Å²) in [6, 6.07) is 12.8. The lowest BCUT2D eigenvalue weighted by atomic mass is 9.99. The number of nitrogens with one attached hydrogen (secondary N) is 1. The summed E-state index contributed by atoms with van der Waals surface area (Å²) in [4.78, 5) is 8.54. The standard InChI is InChI=1S/C23H16FN5O3S2/c1-32-21-11-18(15-3-2-7-25-12-15)20(24)10-19(21)22-17-5-4-16(9-14(17)6-8-26-22)34(30,31)29-23-28-27-13-33-23/h2-13H,1H3,(H,28,29). The van der Waals surface area contributed by atoms with E-state index in [9.17, 15) is 8.42 Å². The predicted octanol–water partition coefficient (Wildman–Crippen LogP) is 4.76. The van der Waals surface area contributed by atoms with Crippen LogP contribution in [0.4, 0.5) is 9.52 Å². The number of pyridine rings is 2. The first-order valence-corrected chi connectivity index (χ1v) is 12.3. The maximum absolute atomic E-state index is 15.1. The number of ether oxygens (including phenoxy) is 1. The average Bonchev–Trinajstić information content (AvgIpc) is 3.36. The third kappa shape index (κ3) is 4.06. The van der Waals surface area contributed by atoms with E-state index in [2.05, 4.69) is 24.9 Å². The van der Waals surface area contributed by atoms with Crippen LogP contribution in [-0.2, 0) is 10.0 Å².